The van der Waals surface area contributed by atoms with Crippen molar-refractivity contribution in [2.45, 2.75) is 43.7 Å². The van der Waals surface area contributed by atoms with E-state index in [4.69, 9.17) is 15.2 Å². The van der Waals surface area contributed by atoms with Gasteiger partial charge in [0.15, 0.2) is 0 Å². The Bertz CT molecular complexity index is 407. The first kappa shape index (κ1) is 15.3. The van der Waals surface area contributed by atoms with E-state index in [0.29, 0.717) is 0 Å². The largest absolute Gasteiger partial charge is 0.490 e. The van der Waals surface area contributed by atoms with Crippen LogP contribution in [-0.4, -0.2) is 37.1 Å². The smallest absolute Gasteiger partial charge is 0.119 e. The third-order valence-electron chi connectivity index (χ3n) is 3.97. The van der Waals surface area contributed by atoms with Crippen LogP contribution in [0.25, 0.3) is 0 Å². The molecule has 20 heavy (non-hydrogen) atoms. The SMILES string of the molecule is COCCc1ccc(OC2CCCC(N)(CO)C2)cc1. The van der Waals surface area contributed by atoms with Crippen LogP contribution in [0.1, 0.15) is 31.2 Å². The van der Waals surface area contributed by atoms with E-state index < -0.39 is 5.54 Å². The molecule has 1 aliphatic rings. The number of hydrogen-bond acceptors (Lipinski definition) is 4. The highest BCUT2D eigenvalue weighted by atomic mass is 16.5. The van der Waals surface area contributed by atoms with Gasteiger partial charge in [-0.2, -0.15) is 0 Å². The van der Waals surface area contributed by atoms with Crippen molar-refractivity contribution < 1.29 is 14.6 Å². The molecule has 0 heterocycles. The van der Waals surface area contributed by atoms with Crippen molar-refractivity contribution in [3.05, 3.63) is 29.8 Å². The van der Waals surface area contributed by atoms with E-state index >= 15 is 0 Å². The molecule has 4 heteroatoms. The minimum atomic E-state index is -0.471. The van der Waals surface area contributed by atoms with Crippen LogP contribution in [-0.2, 0) is 11.2 Å². The number of nitrogens with two attached hydrogens (primary N) is 1. The minimum absolute atomic E-state index is 0.0306. The van der Waals surface area contributed by atoms with E-state index in [0.717, 1.165) is 44.5 Å². The van der Waals surface area contributed by atoms with Gasteiger partial charge < -0.3 is 20.3 Å². The summed E-state index contributed by atoms with van der Waals surface area (Å²) in [5.41, 5.74) is 6.91. The topological polar surface area (TPSA) is 64.7 Å². The van der Waals surface area contributed by atoms with Crippen LogP contribution < -0.4 is 10.5 Å². The molecule has 0 bridgehead atoms. The number of methoxy groups -OCH3 is 1. The average Bonchev–Trinajstić information content (AvgIpc) is 2.47. The Morgan fingerprint density at radius 3 is 2.75 bits per heavy atom. The van der Waals surface area contributed by atoms with Gasteiger partial charge in [-0.15, -0.1) is 0 Å². The quantitative estimate of drug-likeness (QED) is 0.834. The molecule has 1 aliphatic carbocycles. The van der Waals surface area contributed by atoms with Gasteiger partial charge in [0.2, 0.25) is 0 Å². The monoisotopic (exact) mass is 279 g/mol. The summed E-state index contributed by atoms with van der Waals surface area (Å²) >= 11 is 0. The van der Waals surface area contributed by atoms with Crippen molar-refractivity contribution in [3.63, 3.8) is 0 Å². The number of aliphatic hydroxyl groups excluding tert-OH is 1. The zero-order chi connectivity index (χ0) is 14.4. The van der Waals surface area contributed by atoms with E-state index in [1.165, 1.54) is 5.56 Å². The molecule has 112 valence electrons. The molecular formula is C16H25NO3. The van der Waals surface area contributed by atoms with Crippen LogP contribution in [0.3, 0.4) is 0 Å². The predicted octanol–water partition coefficient (Wildman–Crippen LogP) is 1.89. The van der Waals surface area contributed by atoms with E-state index in [1.807, 2.05) is 12.1 Å². The van der Waals surface area contributed by atoms with Gasteiger partial charge in [0.05, 0.1) is 13.2 Å². The van der Waals surface area contributed by atoms with E-state index in [1.54, 1.807) is 7.11 Å². The molecule has 0 aromatic heterocycles. The Balaban J connectivity index is 1.89. The molecule has 2 unspecified atom stereocenters. The van der Waals surface area contributed by atoms with Crippen molar-refractivity contribution in [1.29, 1.82) is 0 Å². The van der Waals surface area contributed by atoms with Crippen LogP contribution in [0.5, 0.6) is 5.75 Å². The molecule has 2 rings (SSSR count). The zero-order valence-electron chi connectivity index (χ0n) is 12.2. The first-order chi connectivity index (χ1) is 9.65. The summed E-state index contributed by atoms with van der Waals surface area (Å²) in [5.74, 6) is 0.873. The lowest BCUT2D eigenvalue weighted by molar-refractivity contribution is 0.0729. The van der Waals surface area contributed by atoms with Crippen molar-refractivity contribution in [2.24, 2.45) is 5.73 Å². The maximum Gasteiger partial charge on any atom is 0.119 e. The number of hydrogen-bond donors (Lipinski definition) is 2. The van der Waals surface area contributed by atoms with Crippen LogP contribution in [0.2, 0.25) is 0 Å². The highest BCUT2D eigenvalue weighted by molar-refractivity contribution is 5.27. The molecule has 1 aromatic carbocycles. The molecule has 1 fully saturated rings. The van der Waals surface area contributed by atoms with Crippen LogP contribution >= 0.6 is 0 Å². The molecule has 0 radical (unpaired) electrons. The van der Waals surface area contributed by atoms with Gasteiger partial charge in [-0.05, 0) is 43.4 Å². The second kappa shape index (κ2) is 7.07. The van der Waals surface area contributed by atoms with E-state index in [2.05, 4.69) is 12.1 Å². The summed E-state index contributed by atoms with van der Waals surface area (Å²) < 4.78 is 11.1. The summed E-state index contributed by atoms with van der Waals surface area (Å²) in [5, 5.41) is 9.36. The third-order valence-corrected chi connectivity index (χ3v) is 3.97. The Labute approximate surface area is 120 Å². The molecule has 0 spiro atoms. The van der Waals surface area contributed by atoms with Crippen molar-refractivity contribution in [3.8, 4) is 5.75 Å². The Morgan fingerprint density at radius 1 is 1.35 bits per heavy atom. The maximum absolute atomic E-state index is 9.36. The summed E-state index contributed by atoms with van der Waals surface area (Å²) in [7, 11) is 1.71. The molecule has 0 amide bonds. The van der Waals surface area contributed by atoms with Crippen LogP contribution in [0.15, 0.2) is 24.3 Å². The number of benzene rings is 1. The fourth-order valence-electron chi connectivity index (χ4n) is 2.73. The van der Waals surface area contributed by atoms with Gasteiger partial charge in [-0.3, -0.25) is 0 Å². The standard InChI is InChI=1S/C16H25NO3/c1-19-10-8-13-4-6-14(7-5-13)20-15-3-2-9-16(17,11-15)12-18/h4-7,15,18H,2-3,8-12,17H2,1H3. The molecule has 3 N–H and O–H groups in total. The lowest BCUT2D eigenvalue weighted by Crippen LogP contribution is -2.50. The second-order valence-corrected chi connectivity index (χ2v) is 5.74. The zero-order valence-corrected chi connectivity index (χ0v) is 12.2. The molecule has 4 nitrogen and oxygen atoms in total. The molecule has 1 saturated carbocycles. The summed E-state index contributed by atoms with van der Waals surface area (Å²) in [6.07, 6.45) is 4.62. The summed E-state index contributed by atoms with van der Waals surface area (Å²) in [6.45, 7) is 0.762. The lowest BCUT2D eigenvalue weighted by Gasteiger charge is -2.36. The van der Waals surface area contributed by atoms with Gasteiger partial charge in [0.25, 0.3) is 0 Å². The van der Waals surface area contributed by atoms with Crippen LogP contribution in [0, 0.1) is 0 Å². The molecule has 2 atom stereocenters. The molecule has 0 aliphatic heterocycles. The molecule has 1 aromatic rings. The van der Waals surface area contributed by atoms with Gasteiger partial charge in [0.1, 0.15) is 11.9 Å². The van der Waals surface area contributed by atoms with Crippen molar-refractivity contribution in [2.75, 3.05) is 20.3 Å². The van der Waals surface area contributed by atoms with Crippen molar-refractivity contribution >= 4 is 0 Å². The Kier molecular flexibility index (Phi) is 5.40. The second-order valence-electron chi connectivity index (χ2n) is 5.74. The number of aliphatic hydroxyl groups is 1. The lowest BCUT2D eigenvalue weighted by atomic mass is 9.81. The van der Waals surface area contributed by atoms with Gasteiger partial charge in [0, 0.05) is 19.1 Å². The first-order valence-corrected chi connectivity index (χ1v) is 7.29. The fraction of sp³-hybridized carbons (Fsp3) is 0.625. The van der Waals surface area contributed by atoms with Gasteiger partial charge >= 0.3 is 0 Å². The molecule has 0 saturated heterocycles. The van der Waals surface area contributed by atoms with Crippen molar-refractivity contribution in [1.82, 2.24) is 0 Å². The minimum Gasteiger partial charge on any atom is -0.490 e. The normalized spacial score (nSPS) is 26.4. The highest BCUT2D eigenvalue weighted by Crippen LogP contribution is 2.29. The summed E-state index contributed by atoms with van der Waals surface area (Å²) in [4.78, 5) is 0. The summed E-state index contributed by atoms with van der Waals surface area (Å²) in [6, 6.07) is 8.13. The van der Waals surface area contributed by atoms with E-state index in [9.17, 15) is 5.11 Å². The molecular weight excluding hydrogens is 254 g/mol. The maximum atomic E-state index is 9.36. The predicted molar refractivity (Wildman–Crippen MR) is 78.9 cm³/mol. The average molecular weight is 279 g/mol. The highest BCUT2D eigenvalue weighted by Gasteiger charge is 2.33. The van der Waals surface area contributed by atoms with Crippen LogP contribution in [0.4, 0.5) is 0 Å². The van der Waals surface area contributed by atoms with Gasteiger partial charge in [-0.1, -0.05) is 12.1 Å². The number of ether oxygens (including phenoxy) is 2. The fourth-order valence-corrected chi connectivity index (χ4v) is 2.73. The third kappa shape index (κ3) is 4.20. The van der Waals surface area contributed by atoms with Gasteiger partial charge in [-0.25, -0.2) is 0 Å². The Morgan fingerprint density at radius 2 is 2.10 bits per heavy atom. The first-order valence-electron chi connectivity index (χ1n) is 7.29. The number of rotatable bonds is 6. The van der Waals surface area contributed by atoms with E-state index in [-0.39, 0.29) is 12.7 Å². The Hall–Kier alpha value is -1.10.